The molecule has 2 aromatic heterocycles. The normalized spacial score (nSPS) is 27.9. The summed E-state index contributed by atoms with van der Waals surface area (Å²) in [6.07, 6.45) is 6.94. The van der Waals surface area contributed by atoms with Crippen molar-refractivity contribution in [2.24, 2.45) is 5.92 Å². The van der Waals surface area contributed by atoms with Crippen molar-refractivity contribution in [3.63, 3.8) is 0 Å². The topological polar surface area (TPSA) is 77.0 Å². The van der Waals surface area contributed by atoms with E-state index in [-0.39, 0.29) is 5.54 Å². The Labute approximate surface area is 123 Å². The Bertz CT molecular complexity index is 702. The van der Waals surface area contributed by atoms with Crippen molar-refractivity contribution in [2.45, 2.75) is 44.8 Å². The minimum absolute atomic E-state index is 0.221. The van der Waals surface area contributed by atoms with Crippen molar-refractivity contribution >= 4 is 5.82 Å². The Morgan fingerprint density at radius 3 is 2.67 bits per heavy atom. The number of hydrogen-bond donors (Lipinski definition) is 2. The standard InChI is InChI=1S/C16H20N4O/c1-9-3-12(7-18-14(9)17)13-8-20(15(19-13)10(2)21)16-4-11(5-16)6-16/h3,7-8,10-11,21H,4-6H2,1-2H3,(H2,17,18)/t10-,11?,16?/m0/s1. The summed E-state index contributed by atoms with van der Waals surface area (Å²) in [5.41, 5.74) is 8.77. The first kappa shape index (κ1) is 12.8. The van der Waals surface area contributed by atoms with Crippen LogP contribution in [0.3, 0.4) is 0 Å². The lowest BCUT2D eigenvalue weighted by molar-refractivity contribution is -0.0935. The third-order valence-electron chi connectivity index (χ3n) is 5.04. The predicted octanol–water partition coefficient (Wildman–Crippen LogP) is 2.40. The average Bonchev–Trinajstić information content (AvgIpc) is 2.74. The quantitative estimate of drug-likeness (QED) is 0.907. The Hall–Kier alpha value is -1.88. The van der Waals surface area contributed by atoms with Gasteiger partial charge in [0.25, 0.3) is 0 Å². The predicted molar refractivity (Wildman–Crippen MR) is 80.6 cm³/mol. The molecule has 0 unspecified atom stereocenters. The molecule has 2 bridgehead atoms. The monoisotopic (exact) mass is 284 g/mol. The first-order valence-electron chi connectivity index (χ1n) is 7.49. The van der Waals surface area contributed by atoms with Crippen LogP contribution in [-0.4, -0.2) is 19.6 Å². The van der Waals surface area contributed by atoms with Gasteiger partial charge in [-0.15, -0.1) is 0 Å². The number of anilines is 1. The molecule has 0 saturated heterocycles. The van der Waals surface area contributed by atoms with E-state index in [0.717, 1.165) is 28.6 Å². The second-order valence-electron chi connectivity index (χ2n) is 6.66. The zero-order valence-electron chi connectivity index (χ0n) is 12.4. The number of nitrogens with two attached hydrogens (primary N) is 1. The minimum atomic E-state index is -0.560. The summed E-state index contributed by atoms with van der Waals surface area (Å²) in [5, 5.41) is 10.0. The van der Waals surface area contributed by atoms with Gasteiger partial charge in [-0.2, -0.15) is 0 Å². The second kappa shape index (κ2) is 4.07. The van der Waals surface area contributed by atoms with E-state index in [4.69, 9.17) is 5.73 Å². The fourth-order valence-corrected chi connectivity index (χ4v) is 3.66. The molecule has 5 nitrogen and oxygen atoms in total. The zero-order chi connectivity index (χ0) is 14.8. The van der Waals surface area contributed by atoms with E-state index in [0.29, 0.717) is 5.82 Å². The summed E-state index contributed by atoms with van der Waals surface area (Å²) in [6, 6.07) is 2.00. The van der Waals surface area contributed by atoms with Crippen LogP contribution in [0.25, 0.3) is 11.3 Å². The highest BCUT2D eigenvalue weighted by Crippen LogP contribution is 2.63. The minimum Gasteiger partial charge on any atom is -0.385 e. The first-order valence-corrected chi connectivity index (χ1v) is 7.49. The van der Waals surface area contributed by atoms with Crippen LogP contribution in [0.2, 0.25) is 0 Å². The molecule has 1 atom stereocenters. The molecule has 0 aliphatic heterocycles. The van der Waals surface area contributed by atoms with Crippen LogP contribution in [0, 0.1) is 12.8 Å². The molecule has 0 spiro atoms. The number of imidazole rings is 1. The van der Waals surface area contributed by atoms with Gasteiger partial charge in [0.2, 0.25) is 0 Å². The molecule has 110 valence electrons. The lowest BCUT2D eigenvalue weighted by Gasteiger charge is -2.62. The lowest BCUT2D eigenvalue weighted by Crippen LogP contribution is -2.59. The van der Waals surface area contributed by atoms with Crippen molar-refractivity contribution in [3.05, 3.63) is 29.8 Å². The molecule has 0 aromatic carbocycles. The van der Waals surface area contributed by atoms with Gasteiger partial charge in [0.15, 0.2) is 0 Å². The van der Waals surface area contributed by atoms with E-state index < -0.39 is 6.10 Å². The van der Waals surface area contributed by atoms with Crippen molar-refractivity contribution in [1.29, 1.82) is 0 Å². The molecular formula is C16H20N4O. The number of hydrogen-bond acceptors (Lipinski definition) is 4. The summed E-state index contributed by atoms with van der Waals surface area (Å²) in [5.74, 6) is 2.20. The number of pyridine rings is 1. The summed E-state index contributed by atoms with van der Waals surface area (Å²) in [6.45, 7) is 3.72. The molecule has 3 aliphatic rings. The number of aliphatic hydroxyl groups excluding tert-OH is 1. The Morgan fingerprint density at radius 1 is 1.43 bits per heavy atom. The van der Waals surface area contributed by atoms with E-state index in [1.807, 2.05) is 13.0 Å². The molecule has 2 aromatic rings. The van der Waals surface area contributed by atoms with Gasteiger partial charge in [0, 0.05) is 23.5 Å². The van der Waals surface area contributed by atoms with Crippen LogP contribution < -0.4 is 5.73 Å². The summed E-state index contributed by atoms with van der Waals surface area (Å²) in [4.78, 5) is 8.87. The molecule has 5 heteroatoms. The van der Waals surface area contributed by atoms with E-state index in [9.17, 15) is 5.11 Å². The van der Waals surface area contributed by atoms with Crippen molar-refractivity contribution in [1.82, 2.24) is 14.5 Å². The summed E-state index contributed by atoms with van der Waals surface area (Å²) >= 11 is 0. The van der Waals surface area contributed by atoms with Crippen molar-refractivity contribution in [3.8, 4) is 11.3 Å². The highest BCUT2D eigenvalue weighted by Gasteiger charge is 2.58. The van der Waals surface area contributed by atoms with Crippen LogP contribution in [0.1, 0.15) is 43.7 Å². The van der Waals surface area contributed by atoms with Gasteiger partial charge < -0.3 is 15.4 Å². The molecule has 3 N–H and O–H groups in total. The molecule has 3 saturated carbocycles. The van der Waals surface area contributed by atoms with Crippen LogP contribution >= 0.6 is 0 Å². The van der Waals surface area contributed by atoms with Gasteiger partial charge in [0.1, 0.15) is 17.7 Å². The van der Waals surface area contributed by atoms with E-state index in [2.05, 4.69) is 20.7 Å². The van der Waals surface area contributed by atoms with Gasteiger partial charge in [-0.25, -0.2) is 9.97 Å². The lowest BCUT2D eigenvalue weighted by atomic mass is 9.49. The average molecular weight is 284 g/mol. The second-order valence-corrected chi connectivity index (χ2v) is 6.66. The number of aryl methyl sites for hydroxylation is 1. The smallest absolute Gasteiger partial charge is 0.138 e. The van der Waals surface area contributed by atoms with Crippen LogP contribution in [0.4, 0.5) is 5.82 Å². The molecule has 0 amide bonds. The van der Waals surface area contributed by atoms with E-state index in [1.54, 1.807) is 13.1 Å². The number of nitrogen functional groups attached to an aromatic ring is 1. The van der Waals surface area contributed by atoms with Gasteiger partial charge in [0.05, 0.1) is 5.69 Å². The third kappa shape index (κ3) is 1.73. The molecule has 3 aliphatic carbocycles. The fourth-order valence-electron chi connectivity index (χ4n) is 3.66. The molecule has 5 rings (SSSR count). The van der Waals surface area contributed by atoms with Gasteiger partial charge in [-0.1, -0.05) is 0 Å². The molecule has 2 heterocycles. The van der Waals surface area contributed by atoms with E-state index >= 15 is 0 Å². The number of aromatic nitrogens is 3. The largest absolute Gasteiger partial charge is 0.385 e. The van der Waals surface area contributed by atoms with E-state index in [1.165, 1.54) is 19.3 Å². The SMILES string of the molecule is Cc1cc(-c2cn(C34CC(C3)C4)c([C@H](C)O)n2)cnc1N. The highest BCUT2D eigenvalue weighted by atomic mass is 16.3. The Morgan fingerprint density at radius 2 is 2.14 bits per heavy atom. The highest BCUT2D eigenvalue weighted by molar-refractivity contribution is 5.61. The van der Waals surface area contributed by atoms with Gasteiger partial charge >= 0.3 is 0 Å². The summed E-state index contributed by atoms with van der Waals surface area (Å²) < 4.78 is 2.21. The van der Waals surface area contributed by atoms with Crippen LogP contribution in [0.5, 0.6) is 0 Å². The zero-order valence-corrected chi connectivity index (χ0v) is 12.4. The third-order valence-corrected chi connectivity index (χ3v) is 5.04. The summed E-state index contributed by atoms with van der Waals surface area (Å²) in [7, 11) is 0. The molecule has 21 heavy (non-hydrogen) atoms. The Balaban J connectivity index is 1.79. The molecule has 0 radical (unpaired) electrons. The number of rotatable bonds is 3. The number of nitrogens with zero attached hydrogens (tertiary/aromatic N) is 3. The van der Waals surface area contributed by atoms with Gasteiger partial charge in [-0.3, -0.25) is 0 Å². The van der Waals surface area contributed by atoms with Crippen LogP contribution in [0.15, 0.2) is 18.5 Å². The fraction of sp³-hybridized carbons (Fsp3) is 0.500. The van der Waals surface area contributed by atoms with Crippen molar-refractivity contribution < 1.29 is 5.11 Å². The van der Waals surface area contributed by atoms with Crippen LogP contribution in [-0.2, 0) is 5.54 Å². The molecular weight excluding hydrogens is 264 g/mol. The maximum Gasteiger partial charge on any atom is 0.138 e. The molecule has 3 fully saturated rings. The number of aliphatic hydroxyl groups is 1. The maximum absolute atomic E-state index is 10.0. The van der Waals surface area contributed by atoms with Gasteiger partial charge in [-0.05, 0) is 50.7 Å². The first-order chi connectivity index (χ1) is 9.98. The Kier molecular flexibility index (Phi) is 2.49. The maximum atomic E-state index is 10.0. The van der Waals surface area contributed by atoms with Crippen molar-refractivity contribution in [2.75, 3.05) is 5.73 Å².